The normalized spacial score (nSPS) is 13.3. The van der Waals surface area contributed by atoms with E-state index in [1.807, 2.05) is 0 Å². The smallest absolute Gasteiger partial charge is 0.122 e. The zero-order chi connectivity index (χ0) is 91.8. The van der Waals surface area contributed by atoms with Crippen molar-refractivity contribution in [2.75, 3.05) is 0 Å². The highest BCUT2D eigenvalue weighted by molar-refractivity contribution is 5.61. The van der Waals surface area contributed by atoms with E-state index in [0.29, 0.717) is 0 Å². The maximum Gasteiger partial charge on any atom is 0.122 e. The molecule has 0 spiro atoms. The van der Waals surface area contributed by atoms with Gasteiger partial charge in [0, 0.05) is 38.5 Å². The monoisotopic (exact) mass is 1730 g/mol. The number of aromatic hydroxyl groups is 6. The molecule has 0 saturated heterocycles. The van der Waals surface area contributed by atoms with Crippen LogP contribution in [0.25, 0.3) is 0 Å². The lowest BCUT2D eigenvalue weighted by molar-refractivity contribution is 0.431. The fraction of sp³-hybridized carbons (Fsp3) is 0.700. The van der Waals surface area contributed by atoms with Crippen LogP contribution in [0.3, 0.4) is 0 Å². The van der Waals surface area contributed by atoms with Crippen molar-refractivity contribution in [1.82, 2.24) is 0 Å². The van der Waals surface area contributed by atoms with E-state index in [1.54, 1.807) is 0 Å². The first-order valence-electron chi connectivity index (χ1n) is 53.4. The molecule has 6 N–H and O–H groups in total. The Morgan fingerprint density at radius 1 is 0.151 bits per heavy atom. The third-order valence-corrected chi connectivity index (χ3v) is 30.5. The number of benzene rings is 6. The highest BCUT2D eigenvalue weighted by Crippen LogP contribution is 2.48. The van der Waals surface area contributed by atoms with Crippen LogP contribution in [-0.2, 0) is 71.0 Å². The average Bonchev–Trinajstić information content (AvgIpc) is 0.784. The molecule has 6 aromatic rings. The summed E-state index contributed by atoms with van der Waals surface area (Å²) in [6, 6.07) is 27.1. The molecule has 0 unspecified atom stereocenters. The van der Waals surface area contributed by atoms with E-state index >= 15 is 0 Å². The predicted octanol–water partition coefficient (Wildman–Crippen LogP) is 36.6. The average molecular weight is 1730 g/mol. The molecule has 0 radical (unpaired) electrons. The van der Waals surface area contributed by atoms with Crippen molar-refractivity contribution in [2.24, 2.45) is 0 Å². The Balaban J connectivity index is 1.56. The summed E-state index contributed by atoms with van der Waals surface area (Å²) >= 11 is 0. The second-order valence-electron chi connectivity index (χ2n) is 44.6. The molecule has 0 fully saturated rings. The van der Waals surface area contributed by atoms with Crippen molar-refractivity contribution in [2.45, 2.75) is 542 Å². The van der Waals surface area contributed by atoms with Crippen LogP contribution in [0.1, 0.15) is 571 Å². The highest BCUT2D eigenvalue weighted by Gasteiger charge is 2.34. The van der Waals surface area contributed by atoms with Gasteiger partial charge in [0.1, 0.15) is 34.5 Å². The van der Waals surface area contributed by atoms with Crippen molar-refractivity contribution in [3.63, 3.8) is 0 Å². The standard InChI is InChI=1S/C120H192O6/c1-19-25-31-37-43-49-55-61-67-115(7,8)103-79-91-73-93-81-104(116(9,10)68-62-56-50-44-38-32-26-20-2)83-95(110(93)122)75-97-85-106(118(13,14)70-64-58-52-46-40-34-28-22-4)87-99(112(97)124)77-101-89-108(120(17,18)72-66-60-54-48-42-36-30-24-6)90-102(114(101)126)78-100-88-107(119(15,16)71-65-59-53-47-41-35-29-23-5)86-98(113(100)125)76-96-84-105(82-94(111(96)123)74-92(80-103)109(91)121)117(11,12)69-63-57-51-45-39-33-27-21-3/h79-90,121-126H,19-78H2,1-18H3. The Morgan fingerprint density at radius 2 is 0.238 bits per heavy atom. The molecule has 0 amide bonds. The van der Waals surface area contributed by atoms with Gasteiger partial charge in [-0.1, -0.05) is 506 Å². The van der Waals surface area contributed by atoms with Gasteiger partial charge in [0.2, 0.25) is 0 Å². The Bertz CT molecular complexity index is 3290. The van der Waals surface area contributed by atoms with Gasteiger partial charge >= 0.3 is 0 Å². The van der Waals surface area contributed by atoms with E-state index in [1.165, 1.54) is 270 Å². The molecular weight excluding hydrogens is 1540 g/mol. The van der Waals surface area contributed by atoms with E-state index in [-0.39, 0.29) is 106 Å². The van der Waals surface area contributed by atoms with Crippen LogP contribution in [0.2, 0.25) is 0 Å². The number of hydrogen-bond acceptors (Lipinski definition) is 6. The summed E-state index contributed by atoms with van der Waals surface area (Å²) in [7, 11) is 0. The predicted molar refractivity (Wildman–Crippen MR) is 547 cm³/mol. The SMILES string of the molecule is CCCCCCCCCCC(C)(C)c1cc2c(O)c(c1)Cc1cc(C(C)(C)CCCCCCCCCC)cc(c1O)Cc1cc(C(C)(C)CCCCCCCCCC)cc(c1O)Cc1cc(C(C)(C)CCCCCCCCCC)cc(c1O)Cc1cc(C(C)(C)CCCCCCCCCC)cc(c1O)Cc1cc(C(C)(C)CCCCCCCCCC)cc(c1O)C2. The molecular formula is C120H192O6. The van der Waals surface area contributed by atoms with Crippen molar-refractivity contribution in [3.05, 3.63) is 173 Å². The molecule has 6 heteroatoms. The molecule has 0 aromatic heterocycles. The van der Waals surface area contributed by atoms with E-state index in [4.69, 9.17) is 0 Å². The van der Waals surface area contributed by atoms with Crippen molar-refractivity contribution in [1.29, 1.82) is 0 Å². The maximum absolute atomic E-state index is 13.6. The fourth-order valence-corrected chi connectivity index (χ4v) is 20.8. The van der Waals surface area contributed by atoms with Crippen LogP contribution in [0, 0.1) is 0 Å². The third kappa shape index (κ3) is 34.7. The van der Waals surface area contributed by atoms with Crippen molar-refractivity contribution >= 4 is 0 Å². The van der Waals surface area contributed by atoms with E-state index in [2.05, 4.69) is 197 Å². The minimum absolute atomic E-state index is 0.193. The van der Waals surface area contributed by atoms with E-state index in [9.17, 15) is 30.6 Å². The molecule has 0 saturated carbocycles. The lowest BCUT2D eigenvalue weighted by Gasteiger charge is -2.30. The van der Waals surface area contributed by atoms with Crippen LogP contribution >= 0.6 is 0 Å². The molecule has 1 aliphatic rings. The molecule has 0 heterocycles. The summed E-state index contributed by atoms with van der Waals surface area (Å²) in [6.07, 6.45) is 66.8. The third-order valence-electron chi connectivity index (χ3n) is 30.5. The molecule has 0 atom stereocenters. The largest absolute Gasteiger partial charge is 0.507 e. The molecule has 6 aromatic carbocycles. The van der Waals surface area contributed by atoms with Gasteiger partial charge in [0.25, 0.3) is 0 Å². The van der Waals surface area contributed by atoms with Gasteiger partial charge in [-0.05, 0) is 171 Å². The number of hydrogen-bond donors (Lipinski definition) is 6. The van der Waals surface area contributed by atoms with Crippen molar-refractivity contribution < 1.29 is 30.6 Å². The summed E-state index contributed by atoms with van der Waals surface area (Å²) in [5.74, 6) is 1.16. The number of unbranched alkanes of at least 4 members (excludes halogenated alkanes) is 42. The van der Waals surface area contributed by atoms with Crippen LogP contribution in [0.4, 0.5) is 0 Å². The van der Waals surface area contributed by atoms with Gasteiger partial charge in [-0.2, -0.15) is 0 Å². The fourth-order valence-electron chi connectivity index (χ4n) is 20.8. The zero-order valence-electron chi connectivity index (χ0n) is 85.0. The van der Waals surface area contributed by atoms with Gasteiger partial charge in [0.15, 0.2) is 0 Å². The van der Waals surface area contributed by atoms with Crippen LogP contribution in [-0.4, -0.2) is 30.6 Å². The summed E-state index contributed by atoms with van der Waals surface area (Å²) < 4.78 is 0. The molecule has 0 aliphatic heterocycles. The zero-order valence-corrected chi connectivity index (χ0v) is 85.0. The molecule has 6 nitrogen and oxygen atoms in total. The Morgan fingerprint density at radius 3 is 0.333 bits per heavy atom. The Kier molecular flexibility index (Phi) is 46.6. The van der Waals surface area contributed by atoms with Gasteiger partial charge in [-0.25, -0.2) is 0 Å². The quantitative estimate of drug-likeness (QED) is 0.0211. The molecule has 1 aliphatic carbocycles. The molecule has 126 heavy (non-hydrogen) atoms. The molecule has 12 bridgehead atoms. The Hall–Kier alpha value is -5.88. The van der Waals surface area contributed by atoms with Gasteiger partial charge in [0.05, 0.1) is 0 Å². The van der Waals surface area contributed by atoms with Gasteiger partial charge < -0.3 is 30.6 Å². The summed E-state index contributed by atoms with van der Waals surface area (Å²) in [5.41, 5.74) is 14.3. The Labute approximate surface area is 775 Å². The number of fused-ring (bicyclic) bond motifs is 12. The summed E-state index contributed by atoms with van der Waals surface area (Å²) in [5, 5.41) is 81.8. The van der Waals surface area contributed by atoms with Crippen LogP contribution in [0.5, 0.6) is 34.5 Å². The molecule has 708 valence electrons. The summed E-state index contributed by atoms with van der Waals surface area (Å²) in [6.45, 7) is 42.4. The minimum atomic E-state index is -0.283. The van der Waals surface area contributed by atoms with E-state index in [0.717, 1.165) is 177 Å². The van der Waals surface area contributed by atoms with Gasteiger partial charge in [-0.3, -0.25) is 0 Å². The van der Waals surface area contributed by atoms with Crippen LogP contribution < -0.4 is 0 Å². The van der Waals surface area contributed by atoms with Crippen LogP contribution in [0.15, 0.2) is 72.8 Å². The molecule has 7 rings (SSSR count). The van der Waals surface area contributed by atoms with Crippen molar-refractivity contribution in [3.8, 4) is 34.5 Å². The first-order valence-corrected chi connectivity index (χ1v) is 53.4. The maximum atomic E-state index is 13.6. The minimum Gasteiger partial charge on any atom is -0.507 e. The lowest BCUT2D eigenvalue weighted by atomic mass is 9.75. The topological polar surface area (TPSA) is 121 Å². The number of phenols is 6. The first-order chi connectivity index (χ1) is 60.3. The highest BCUT2D eigenvalue weighted by atomic mass is 16.3. The lowest BCUT2D eigenvalue weighted by Crippen LogP contribution is -2.20. The van der Waals surface area contributed by atoms with Gasteiger partial charge in [-0.15, -0.1) is 0 Å². The summed E-state index contributed by atoms with van der Waals surface area (Å²) in [4.78, 5) is 0. The second-order valence-corrected chi connectivity index (χ2v) is 44.6. The first kappa shape index (κ1) is 107. The number of rotatable bonds is 60. The second kappa shape index (κ2) is 54.8. The number of phenolic OH excluding ortho intramolecular Hbond substituents is 6. The van der Waals surface area contributed by atoms with E-state index < -0.39 is 0 Å².